The standard InChI is InChI=1S/C20H20ClIN2O4S/c1-20(2,3)24(29(27,28)16-10-4-13(21)5-11-16)17-12-18(25)23(19(17)26)15-8-6-14(22)7-9-15/h4-11,17H,12H2,1-3H3. The smallest absolute Gasteiger partial charge is 0.252 e. The first-order valence-electron chi connectivity index (χ1n) is 8.85. The first kappa shape index (κ1) is 22.2. The topological polar surface area (TPSA) is 74.8 Å². The molecule has 2 aromatic carbocycles. The van der Waals surface area contributed by atoms with Gasteiger partial charge in [0.25, 0.3) is 5.91 Å². The van der Waals surface area contributed by atoms with Gasteiger partial charge in [0.05, 0.1) is 17.0 Å². The minimum atomic E-state index is -4.05. The quantitative estimate of drug-likeness (QED) is 0.428. The molecule has 154 valence electrons. The molecule has 1 heterocycles. The van der Waals surface area contributed by atoms with Crippen molar-refractivity contribution in [1.29, 1.82) is 0 Å². The molecule has 1 fully saturated rings. The number of imide groups is 1. The first-order chi connectivity index (χ1) is 13.4. The third-order valence-corrected chi connectivity index (χ3v) is 7.68. The molecular formula is C20H20ClIN2O4S. The Morgan fingerprint density at radius 1 is 1.03 bits per heavy atom. The second-order valence-electron chi connectivity index (χ2n) is 7.69. The summed E-state index contributed by atoms with van der Waals surface area (Å²) in [6.07, 6.45) is -0.213. The van der Waals surface area contributed by atoms with E-state index in [0.717, 1.165) is 12.8 Å². The molecule has 1 saturated heterocycles. The Kier molecular flexibility index (Phi) is 6.11. The molecule has 0 saturated carbocycles. The van der Waals surface area contributed by atoms with Crippen LogP contribution in [0.2, 0.25) is 5.02 Å². The van der Waals surface area contributed by atoms with Crippen molar-refractivity contribution in [2.75, 3.05) is 4.90 Å². The molecule has 29 heavy (non-hydrogen) atoms. The number of sulfonamides is 1. The van der Waals surface area contributed by atoms with Gasteiger partial charge in [-0.25, -0.2) is 13.3 Å². The average Bonchev–Trinajstić information content (AvgIpc) is 2.89. The Morgan fingerprint density at radius 2 is 1.59 bits per heavy atom. The van der Waals surface area contributed by atoms with Gasteiger partial charge in [0, 0.05) is 14.1 Å². The van der Waals surface area contributed by atoms with Crippen LogP contribution in [-0.2, 0) is 19.6 Å². The third kappa shape index (κ3) is 4.35. The Hall–Kier alpha value is -1.49. The zero-order valence-electron chi connectivity index (χ0n) is 16.1. The van der Waals surface area contributed by atoms with E-state index in [4.69, 9.17) is 11.6 Å². The maximum Gasteiger partial charge on any atom is 0.252 e. The predicted octanol–water partition coefficient (Wildman–Crippen LogP) is 4.07. The van der Waals surface area contributed by atoms with Crippen LogP contribution in [0.1, 0.15) is 27.2 Å². The van der Waals surface area contributed by atoms with E-state index in [1.54, 1.807) is 45.0 Å². The SMILES string of the molecule is CC(C)(C)N(C1CC(=O)N(c2ccc(I)cc2)C1=O)S(=O)(=O)c1ccc(Cl)cc1. The second kappa shape index (κ2) is 7.98. The first-order valence-corrected chi connectivity index (χ1v) is 11.7. The van der Waals surface area contributed by atoms with Crippen LogP contribution in [0.4, 0.5) is 5.69 Å². The number of benzene rings is 2. The van der Waals surface area contributed by atoms with Gasteiger partial charge in [0.1, 0.15) is 6.04 Å². The summed E-state index contributed by atoms with van der Waals surface area (Å²) in [6.45, 7) is 5.10. The predicted molar refractivity (Wildman–Crippen MR) is 120 cm³/mol. The Labute approximate surface area is 189 Å². The molecule has 0 bridgehead atoms. The van der Waals surface area contributed by atoms with Crippen LogP contribution < -0.4 is 4.90 Å². The fourth-order valence-corrected chi connectivity index (χ4v) is 5.79. The van der Waals surface area contributed by atoms with Crippen molar-refractivity contribution in [3.05, 3.63) is 57.1 Å². The number of halogens is 2. The molecule has 2 amide bonds. The molecule has 0 N–H and O–H groups in total. The van der Waals surface area contributed by atoms with E-state index in [2.05, 4.69) is 22.6 Å². The van der Waals surface area contributed by atoms with Gasteiger partial charge in [-0.05, 0) is 91.9 Å². The number of carbonyl (C=O) groups is 2. The lowest BCUT2D eigenvalue weighted by Crippen LogP contribution is -2.54. The van der Waals surface area contributed by atoms with E-state index in [0.29, 0.717) is 10.7 Å². The number of hydrogen-bond donors (Lipinski definition) is 0. The van der Waals surface area contributed by atoms with Crippen LogP contribution in [0, 0.1) is 3.57 Å². The van der Waals surface area contributed by atoms with Crippen LogP contribution >= 0.6 is 34.2 Å². The highest BCUT2D eigenvalue weighted by Crippen LogP contribution is 2.34. The van der Waals surface area contributed by atoms with Crippen molar-refractivity contribution in [2.45, 2.75) is 43.7 Å². The second-order valence-corrected chi connectivity index (χ2v) is 11.2. The molecule has 0 spiro atoms. The normalized spacial score (nSPS) is 18.0. The molecule has 9 heteroatoms. The minimum absolute atomic E-state index is 0.0183. The van der Waals surface area contributed by atoms with E-state index < -0.39 is 33.4 Å². The van der Waals surface area contributed by atoms with Crippen LogP contribution in [0.3, 0.4) is 0 Å². The van der Waals surface area contributed by atoms with Gasteiger partial charge < -0.3 is 0 Å². The highest BCUT2D eigenvalue weighted by Gasteiger charge is 2.50. The summed E-state index contributed by atoms with van der Waals surface area (Å²) in [6, 6.07) is 11.6. The van der Waals surface area contributed by atoms with Crippen molar-refractivity contribution < 1.29 is 18.0 Å². The minimum Gasteiger partial charge on any atom is -0.274 e. The summed E-state index contributed by atoms with van der Waals surface area (Å²) >= 11 is 8.01. The summed E-state index contributed by atoms with van der Waals surface area (Å²) in [5.74, 6) is -0.981. The van der Waals surface area contributed by atoms with E-state index in [-0.39, 0.29) is 11.3 Å². The Morgan fingerprint density at radius 3 is 2.10 bits per heavy atom. The van der Waals surface area contributed by atoms with Crippen LogP contribution in [-0.4, -0.2) is 36.1 Å². The van der Waals surface area contributed by atoms with Crippen molar-refractivity contribution in [3.8, 4) is 0 Å². The molecule has 6 nitrogen and oxygen atoms in total. The van der Waals surface area contributed by atoms with Gasteiger partial charge >= 0.3 is 0 Å². The lowest BCUT2D eigenvalue weighted by Gasteiger charge is -2.37. The zero-order valence-corrected chi connectivity index (χ0v) is 19.8. The van der Waals surface area contributed by atoms with Gasteiger partial charge in [0.15, 0.2) is 0 Å². The number of anilines is 1. The van der Waals surface area contributed by atoms with Crippen molar-refractivity contribution in [3.63, 3.8) is 0 Å². The molecule has 1 atom stereocenters. The molecule has 3 rings (SSSR count). The Bertz CT molecular complexity index is 1050. The van der Waals surface area contributed by atoms with Gasteiger partial charge in [-0.2, -0.15) is 4.31 Å². The lowest BCUT2D eigenvalue weighted by atomic mass is 10.1. The highest BCUT2D eigenvalue weighted by molar-refractivity contribution is 14.1. The molecule has 1 aliphatic rings. The number of carbonyl (C=O) groups excluding carboxylic acids is 2. The van der Waals surface area contributed by atoms with Crippen molar-refractivity contribution in [1.82, 2.24) is 4.31 Å². The average molecular weight is 547 g/mol. The molecule has 0 aromatic heterocycles. The molecule has 0 radical (unpaired) electrons. The van der Waals surface area contributed by atoms with Crippen molar-refractivity contribution in [2.24, 2.45) is 0 Å². The zero-order chi connectivity index (χ0) is 21.6. The molecular weight excluding hydrogens is 527 g/mol. The van der Waals surface area contributed by atoms with Gasteiger partial charge in [0.2, 0.25) is 15.9 Å². The Balaban J connectivity index is 2.04. The van der Waals surface area contributed by atoms with Crippen LogP contribution in [0.25, 0.3) is 0 Å². The molecule has 1 aliphatic heterocycles. The number of nitrogens with zero attached hydrogens (tertiary/aromatic N) is 2. The monoisotopic (exact) mass is 546 g/mol. The van der Waals surface area contributed by atoms with Crippen LogP contribution in [0.5, 0.6) is 0 Å². The summed E-state index contributed by atoms with van der Waals surface area (Å²) < 4.78 is 28.9. The molecule has 2 aromatic rings. The number of hydrogen-bond acceptors (Lipinski definition) is 4. The van der Waals surface area contributed by atoms with E-state index in [1.807, 2.05) is 0 Å². The fraction of sp³-hybridized carbons (Fsp3) is 0.300. The summed E-state index contributed by atoms with van der Waals surface area (Å²) in [5, 5.41) is 0.406. The third-order valence-electron chi connectivity index (χ3n) is 4.52. The summed E-state index contributed by atoms with van der Waals surface area (Å²) in [4.78, 5) is 27.0. The summed E-state index contributed by atoms with van der Waals surface area (Å²) in [7, 11) is -4.05. The largest absolute Gasteiger partial charge is 0.274 e. The van der Waals surface area contributed by atoms with E-state index in [9.17, 15) is 18.0 Å². The molecule has 1 unspecified atom stereocenters. The number of amides is 2. The lowest BCUT2D eigenvalue weighted by molar-refractivity contribution is -0.122. The summed E-state index contributed by atoms with van der Waals surface area (Å²) in [5.41, 5.74) is -0.498. The van der Waals surface area contributed by atoms with Gasteiger partial charge in [-0.3, -0.25) is 9.59 Å². The van der Waals surface area contributed by atoms with Gasteiger partial charge in [-0.1, -0.05) is 11.6 Å². The molecule has 0 aliphatic carbocycles. The van der Waals surface area contributed by atoms with E-state index >= 15 is 0 Å². The van der Waals surface area contributed by atoms with Gasteiger partial charge in [-0.15, -0.1) is 0 Å². The highest BCUT2D eigenvalue weighted by atomic mass is 127. The fourth-order valence-electron chi connectivity index (χ4n) is 3.38. The maximum absolute atomic E-state index is 13.4. The maximum atomic E-state index is 13.4. The van der Waals surface area contributed by atoms with Crippen LogP contribution in [0.15, 0.2) is 53.4 Å². The van der Waals surface area contributed by atoms with Crippen molar-refractivity contribution >= 4 is 61.7 Å². The van der Waals surface area contributed by atoms with E-state index in [1.165, 1.54) is 24.3 Å². The number of rotatable bonds is 4.